The van der Waals surface area contributed by atoms with Crippen molar-refractivity contribution in [2.75, 3.05) is 52.2 Å². The van der Waals surface area contributed by atoms with Gasteiger partial charge in [0.05, 0.1) is 40.3 Å². The van der Waals surface area contributed by atoms with Gasteiger partial charge in [-0.15, -0.1) is 5.16 Å². The molecule has 11 unspecified atom stereocenters. The van der Waals surface area contributed by atoms with E-state index in [-0.39, 0.29) is 94.2 Å². The Bertz CT molecular complexity index is 4000. The Morgan fingerprint density at radius 3 is 0.921 bits per heavy atom. The molecule has 2 radical (unpaired) electrons. The van der Waals surface area contributed by atoms with Crippen LogP contribution in [0.3, 0.4) is 0 Å². The van der Waals surface area contributed by atoms with Crippen LogP contribution in [0.4, 0.5) is 0 Å². The Morgan fingerprint density at radius 2 is 0.677 bits per heavy atom. The molecule has 4 aromatic carbocycles. The second-order valence-corrected chi connectivity index (χ2v) is 53.4. The number of carboxylic acid groups (broad SMARTS) is 4. The number of hydrogen-bond donors (Lipinski definition) is 13. The molecule has 2 aliphatic carbocycles. The van der Waals surface area contributed by atoms with Crippen molar-refractivity contribution in [1.82, 2.24) is 0 Å². The van der Waals surface area contributed by atoms with Gasteiger partial charge >= 0.3 is 23.9 Å². The number of aliphatic hydroxyl groups excluding tert-OH is 4. The van der Waals surface area contributed by atoms with Crippen LogP contribution in [-0.4, -0.2) is 203 Å². The molecule has 0 aliphatic heterocycles. The molecule has 0 spiro atoms. The molecule has 11 atom stereocenters. The third-order valence-corrected chi connectivity index (χ3v) is 32.6. The number of aliphatic carboxylic acids is 4. The number of hydrogen-bond acceptors (Lipinski definition) is 20. The average molecular weight is 2040 g/mol. The van der Waals surface area contributed by atoms with Gasteiger partial charge < -0.3 is 61.3 Å². The minimum Gasteiger partial charge on any atom is -0.507 e. The smallest absolute Gasteiger partial charge is 0.329 e. The summed E-state index contributed by atoms with van der Waals surface area (Å²) in [6, 6.07) is 20.3. The molecule has 6 rings (SSSR count). The predicted molar refractivity (Wildman–Crippen MR) is 549 cm³/mol. The van der Waals surface area contributed by atoms with Crippen LogP contribution in [0.5, 0.6) is 23.0 Å². The molecule has 127 heavy (non-hydrogen) atoms. The van der Waals surface area contributed by atoms with Crippen molar-refractivity contribution in [3.63, 3.8) is 0 Å². The van der Waals surface area contributed by atoms with Crippen molar-refractivity contribution in [1.29, 1.82) is 5.16 Å². The Hall–Kier alpha value is -4.21. The first kappa shape index (κ1) is 129. The number of nitrogens with zero attached hydrogens (tertiary/aromatic N) is 7. The Kier molecular flexibility index (Phi) is 67.3. The van der Waals surface area contributed by atoms with Crippen molar-refractivity contribution in [2.45, 2.75) is 315 Å². The van der Waals surface area contributed by atoms with Crippen molar-refractivity contribution in [3.8, 4) is 23.0 Å². The summed E-state index contributed by atoms with van der Waals surface area (Å²) < 4.78 is 13.6. The van der Waals surface area contributed by atoms with E-state index in [9.17, 15) is 20.4 Å². The van der Waals surface area contributed by atoms with Gasteiger partial charge in [0.25, 0.3) is 0 Å². The number of aromatic hydroxyl groups is 4. The van der Waals surface area contributed by atoms with Gasteiger partial charge in [-0.25, -0.2) is 19.2 Å². The van der Waals surface area contributed by atoms with Crippen molar-refractivity contribution >= 4 is 143 Å². The van der Waals surface area contributed by atoms with E-state index >= 15 is 0 Å². The van der Waals surface area contributed by atoms with Gasteiger partial charge in [-0.3, -0.25) is 34.2 Å². The molecule has 36 heteroatoms. The second-order valence-electron chi connectivity index (χ2n) is 36.8. The quantitative estimate of drug-likeness (QED) is 0.00656. The predicted octanol–water partition coefficient (Wildman–Crippen LogP) is 22.4. The van der Waals surface area contributed by atoms with Crippen molar-refractivity contribution in [3.05, 3.63) is 119 Å². The van der Waals surface area contributed by atoms with Crippen LogP contribution in [0.25, 0.3) is 0 Å². The topological polar surface area (TPSA) is 421 Å². The number of unbranched alkanes of at least 4 members (excludes halogenated alkanes) is 2. The first-order valence-corrected chi connectivity index (χ1v) is 59.8. The van der Waals surface area contributed by atoms with Gasteiger partial charge in [0.2, 0.25) is 7.40 Å². The summed E-state index contributed by atoms with van der Waals surface area (Å²) in [5.74, 6) is -2.79. The molecule has 0 heterocycles. The minimum atomic E-state index is -1.66. The standard InChI is InChI=1S/C41H68N6O2P8.C40H66N2O2Si2.4C2H4O3.2CH3.2Co/c1-40(2,3)34-24-30(28(12-9-18-45-54-50)14-11-21-57(42)53)22-32(38(34)48)26-43-36-15-7-8-16-37(36)44-27-33-23-31(25-35(39(33)49)41(4,5)6)29(17-20-47-56-52)13-10-19-46-55-51;1-13-15-21-45(9,10)31-23-29(37(43)33(25-31)39(3,4)5)27-41-35-19-17-18-20-36(35)42-28-30-24-32(46(11,12)22-16-14-2)26-34(38(30)44)40(6,7)8;4*3-1-2(4)5;;;;/h22-29,36-37,42H,7-21,50-53H2,1-6H3,(H-,43,44,48,49);23-28,35-36,43-44H,13-22H2,1-12H3;4*3H,1H2,(H,4,5);2*1H3;;/q;;;;;;2*+1;;/p+1. The maximum absolute atomic E-state index is 11.7. The fraction of sp³-hybridized carbons (Fsp3) is 0.626. The summed E-state index contributed by atoms with van der Waals surface area (Å²) in [7, 11) is 9.53. The number of phenolic OH excluding ortho intramolecular Hbond substituents is 4. The molecule has 24 nitrogen and oxygen atoms in total. The SMILES string of the molecule is CC(C)(C)c1cc(C(CCCN=PP)CCC[P+](=N)P)cc(C=NC2CCCCC2N=Cc2cc(C(CCCN=PP)CCN=PP)cc(C(C)(C)C)c2O)c1O.CCCC[Si](C)(C)c1cc(C=NC2CCCCC2N=Cc2cc([Si](C)(C)CCCC)cc(C(C)(C)C)c2O)c(O)c(C(C)(C)C)c1.O=C(O)CO.O=C(O)CO.O=C(O)CO.O=C(O)CO.[CH3+].[CH3+].[Co].[Co]. The second kappa shape index (κ2) is 66.2. The Labute approximate surface area is 799 Å². The van der Waals surface area contributed by atoms with Gasteiger partial charge in [-0.05, 0) is 139 Å². The summed E-state index contributed by atoms with van der Waals surface area (Å²) in [5.41, 5.74) is 8.77. The van der Waals surface area contributed by atoms with Gasteiger partial charge in [0.1, 0.15) is 64.5 Å². The van der Waals surface area contributed by atoms with E-state index in [1.165, 1.54) is 59.3 Å². The normalized spacial score (nSPS) is 16.2. The van der Waals surface area contributed by atoms with Crippen LogP contribution in [-0.2, 0) is 74.4 Å². The number of aliphatic imine (C=N–C) groups is 4. The van der Waals surface area contributed by atoms with Gasteiger partial charge in [0, 0.05) is 150 Å². The fourth-order valence-corrected chi connectivity index (χ4v) is 22.5. The number of carboxylic acids is 4. The summed E-state index contributed by atoms with van der Waals surface area (Å²) in [6.45, 7) is 39.7. The number of rotatable bonds is 37. The summed E-state index contributed by atoms with van der Waals surface area (Å²) in [4.78, 5) is 57.1. The largest absolute Gasteiger partial charge is 0.507 e. The van der Waals surface area contributed by atoms with E-state index in [0.29, 0.717) is 34.8 Å². The molecule has 4 aromatic rings. The fourth-order valence-electron chi connectivity index (χ4n) is 14.4. The van der Waals surface area contributed by atoms with Gasteiger partial charge in [0.15, 0.2) is 0 Å². The Morgan fingerprint density at radius 1 is 0.433 bits per heavy atom. The zero-order valence-electron chi connectivity index (χ0n) is 79.3. The van der Waals surface area contributed by atoms with Crippen LogP contribution in [0.2, 0.25) is 38.3 Å². The molecule has 0 aromatic heterocycles. The van der Waals surface area contributed by atoms with E-state index in [1.807, 2.05) is 24.9 Å². The molecular formula is C91H157Co2N8O16P8Si2+3. The molecule has 2 saturated carbocycles. The summed E-state index contributed by atoms with van der Waals surface area (Å²) in [6.07, 6.45) is 28.8. The maximum Gasteiger partial charge on any atom is 0.329 e. The molecular weight excluding hydrogens is 1880 g/mol. The van der Waals surface area contributed by atoms with Crippen LogP contribution in [0.15, 0.2) is 82.7 Å². The third kappa shape index (κ3) is 50.1. The molecule has 720 valence electrons. The van der Waals surface area contributed by atoms with Gasteiger partial charge in [-0.2, -0.15) is 0 Å². The first-order chi connectivity index (χ1) is 57.5. The van der Waals surface area contributed by atoms with Crippen molar-refractivity contribution < 1.29 is 114 Å². The molecule has 0 saturated heterocycles. The van der Waals surface area contributed by atoms with E-state index in [0.717, 1.165) is 191 Å². The number of benzene rings is 4. The van der Waals surface area contributed by atoms with Crippen LogP contribution < -0.4 is 10.4 Å². The molecule has 0 amide bonds. The van der Waals surface area contributed by atoms with Crippen LogP contribution in [0, 0.1) is 20.0 Å². The molecule has 2 fully saturated rings. The maximum atomic E-state index is 11.7. The van der Waals surface area contributed by atoms with Crippen LogP contribution in [0.1, 0.15) is 286 Å². The first-order valence-electron chi connectivity index (χ1n) is 42.9. The van der Waals surface area contributed by atoms with E-state index in [2.05, 4.69) is 222 Å². The average Bonchev–Trinajstić information content (AvgIpc) is 0.795. The summed E-state index contributed by atoms with van der Waals surface area (Å²) >= 11 is 0. The number of aliphatic hydroxyl groups is 4. The van der Waals surface area contributed by atoms with E-state index < -0.39 is 73.9 Å². The van der Waals surface area contributed by atoms with E-state index in [4.69, 9.17) is 85.2 Å². The molecule has 2 aliphatic rings. The zero-order valence-corrected chi connectivity index (χ0v) is 91.6. The monoisotopic (exact) mass is 2040 g/mol. The third-order valence-electron chi connectivity index (χ3n) is 21.6. The minimum absolute atomic E-state index is 0. The number of nitrogens with one attached hydrogen (secondary N) is 1. The molecule has 0 bridgehead atoms. The van der Waals surface area contributed by atoms with Crippen LogP contribution >= 0.6 is 67.3 Å². The number of phenols is 4. The molecule has 13 N–H and O–H groups in total. The van der Waals surface area contributed by atoms with E-state index in [1.54, 1.807) is 0 Å². The zero-order chi connectivity index (χ0) is 93.7. The Balaban J connectivity index is -0.000000963. The van der Waals surface area contributed by atoms with Gasteiger partial charge in [-0.1, -0.05) is 260 Å². The van der Waals surface area contributed by atoms with Crippen molar-refractivity contribution in [2.24, 2.45) is 34.2 Å². The summed E-state index contributed by atoms with van der Waals surface area (Å²) in [5, 5.41) is 117. The number of carbonyl (C=O) groups is 4.